The Balaban J connectivity index is 2.49. The van der Waals surface area contributed by atoms with Crippen LogP contribution in [-0.4, -0.2) is 24.8 Å². The van der Waals surface area contributed by atoms with Gasteiger partial charge >= 0.3 is 0 Å². The number of hydrogen-bond acceptors (Lipinski definition) is 3. The maximum absolute atomic E-state index is 12.4. The van der Waals surface area contributed by atoms with E-state index in [0.717, 1.165) is 6.20 Å². The standard InChI is InChI=1S/C9H12FNO2/c1-7(6-12-2)13-9-4-3-8(10)5-11-9/h3-5,7H,6H2,1-2H3/t7-/m0/s1. The Kier molecular flexibility index (Phi) is 3.64. The number of nitrogens with zero attached hydrogens (tertiary/aromatic N) is 1. The molecule has 0 radical (unpaired) electrons. The number of ether oxygens (including phenoxy) is 2. The first kappa shape index (κ1) is 9.92. The van der Waals surface area contributed by atoms with E-state index in [-0.39, 0.29) is 11.9 Å². The molecule has 1 heterocycles. The van der Waals surface area contributed by atoms with Crippen molar-refractivity contribution in [2.45, 2.75) is 13.0 Å². The van der Waals surface area contributed by atoms with Gasteiger partial charge in [0.2, 0.25) is 5.88 Å². The molecule has 72 valence electrons. The number of pyridine rings is 1. The van der Waals surface area contributed by atoms with Gasteiger partial charge in [-0.2, -0.15) is 0 Å². The quantitative estimate of drug-likeness (QED) is 0.714. The van der Waals surface area contributed by atoms with Gasteiger partial charge in [-0.3, -0.25) is 0 Å². The summed E-state index contributed by atoms with van der Waals surface area (Å²) in [6, 6.07) is 2.79. The molecule has 0 saturated carbocycles. The summed E-state index contributed by atoms with van der Waals surface area (Å²) in [6.07, 6.45) is 1.04. The van der Waals surface area contributed by atoms with Crippen molar-refractivity contribution in [3.05, 3.63) is 24.1 Å². The molecule has 0 unspecified atom stereocenters. The summed E-state index contributed by atoms with van der Waals surface area (Å²) >= 11 is 0. The van der Waals surface area contributed by atoms with Crippen LogP contribution in [0.1, 0.15) is 6.92 Å². The highest BCUT2D eigenvalue weighted by Gasteiger charge is 2.03. The number of aromatic nitrogens is 1. The number of hydrogen-bond donors (Lipinski definition) is 0. The molecule has 0 spiro atoms. The first-order valence-corrected chi connectivity index (χ1v) is 3.99. The van der Waals surface area contributed by atoms with Gasteiger partial charge in [-0.25, -0.2) is 9.37 Å². The van der Waals surface area contributed by atoms with Gasteiger partial charge in [-0.15, -0.1) is 0 Å². The molecule has 0 fully saturated rings. The minimum atomic E-state index is -0.369. The summed E-state index contributed by atoms with van der Waals surface area (Å²) in [5, 5.41) is 0. The van der Waals surface area contributed by atoms with Crippen LogP contribution >= 0.6 is 0 Å². The summed E-state index contributed by atoms with van der Waals surface area (Å²) in [7, 11) is 1.60. The molecular weight excluding hydrogens is 173 g/mol. The fraction of sp³-hybridized carbons (Fsp3) is 0.444. The average molecular weight is 185 g/mol. The van der Waals surface area contributed by atoms with E-state index >= 15 is 0 Å². The molecule has 4 heteroatoms. The second kappa shape index (κ2) is 4.77. The average Bonchev–Trinajstić information content (AvgIpc) is 2.09. The number of methoxy groups -OCH3 is 1. The molecule has 0 aromatic carbocycles. The molecule has 0 N–H and O–H groups in total. The highest BCUT2D eigenvalue weighted by Crippen LogP contribution is 2.08. The van der Waals surface area contributed by atoms with Crippen molar-refractivity contribution in [3.8, 4) is 5.88 Å². The van der Waals surface area contributed by atoms with Gasteiger partial charge in [-0.1, -0.05) is 0 Å². The van der Waals surface area contributed by atoms with Crippen molar-refractivity contribution in [3.63, 3.8) is 0 Å². The second-order valence-electron chi connectivity index (χ2n) is 2.70. The molecule has 0 saturated heterocycles. The maximum Gasteiger partial charge on any atom is 0.213 e. The third-order valence-electron chi connectivity index (χ3n) is 1.42. The molecule has 0 aliphatic carbocycles. The molecule has 1 atom stereocenters. The van der Waals surface area contributed by atoms with E-state index in [1.807, 2.05) is 6.92 Å². The Morgan fingerprint density at radius 3 is 2.85 bits per heavy atom. The Labute approximate surface area is 76.5 Å². The Morgan fingerprint density at radius 1 is 1.54 bits per heavy atom. The van der Waals surface area contributed by atoms with E-state index in [1.54, 1.807) is 7.11 Å². The van der Waals surface area contributed by atoms with Gasteiger partial charge in [0, 0.05) is 13.2 Å². The summed E-state index contributed by atoms with van der Waals surface area (Å²) in [4.78, 5) is 3.75. The van der Waals surface area contributed by atoms with Crippen LogP contribution < -0.4 is 4.74 Å². The monoisotopic (exact) mass is 185 g/mol. The Hall–Kier alpha value is -1.16. The van der Waals surface area contributed by atoms with Gasteiger partial charge < -0.3 is 9.47 Å². The highest BCUT2D eigenvalue weighted by atomic mass is 19.1. The van der Waals surface area contributed by atoms with Crippen molar-refractivity contribution in [1.82, 2.24) is 4.98 Å². The third-order valence-corrected chi connectivity index (χ3v) is 1.42. The zero-order valence-electron chi connectivity index (χ0n) is 7.66. The number of halogens is 1. The van der Waals surface area contributed by atoms with Gasteiger partial charge in [0.1, 0.15) is 11.9 Å². The summed E-state index contributed by atoms with van der Waals surface area (Å²) < 4.78 is 22.6. The van der Waals surface area contributed by atoms with E-state index in [0.29, 0.717) is 12.5 Å². The van der Waals surface area contributed by atoms with Gasteiger partial charge in [0.05, 0.1) is 12.8 Å². The molecule has 1 rings (SSSR count). The minimum Gasteiger partial charge on any atom is -0.472 e. The SMILES string of the molecule is COC[C@H](C)Oc1ccc(F)cn1. The molecule has 0 aliphatic rings. The topological polar surface area (TPSA) is 31.4 Å². The lowest BCUT2D eigenvalue weighted by Gasteiger charge is -2.11. The zero-order valence-corrected chi connectivity index (χ0v) is 7.66. The van der Waals surface area contributed by atoms with Gasteiger partial charge in [0.15, 0.2) is 0 Å². The predicted octanol–water partition coefficient (Wildman–Crippen LogP) is 1.63. The Morgan fingerprint density at radius 2 is 2.31 bits per heavy atom. The van der Waals surface area contributed by atoms with Crippen LogP contribution in [0.2, 0.25) is 0 Å². The second-order valence-corrected chi connectivity index (χ2v) is 2.70. The maximum atomic E-state index is 12.4. The smallest absolute Gasteiger partial charge is 0.213 e. The molecule has 1 aromatic rings. The molecule has 1 aromatic heterocycles. The third kappa shape index (κ3) is 3.38. The minimum absolute atomic E-state index is 0.0806. The molecule has 3 nitrogen and oxygen atoms in total. The van der Waals surface area contributed by atoms with Crippen LogP contribution in [0.4, 0.5) is 4.39 Å². The van der Waals surface area contributed by atoms with Gasteiger partial charge in [-0.05, 0) is 13.0 Å². The molecule has 0 aliphatic heterocycles. The van der Waals surface area contributed by atoms with Crippen LogP contribution in [-0.2, 0) is 4.74 Å². The Bertz CT molecular complexity index is 250. The van der Waals surface area contributed by atoms with E-state index in [2.05, 4.69) is 4.98 Å². The van der Waals surface area contributed by atoms with Crippen molar-refractivity contribution in [2.75, 3.05) is 13.7 Å². The van der Waals surface area contributed by atoms with Crippen molar-refractivity contribution in [1.29, 1.82) is 0 Å². The van der Waals surface area contributed by atoms with Crippen molar-refractivity contribution in [2.24, 2.45) is 0 Å². The van der Waals surface area contributed by atoms with Crippen LogP contribution in [0.15, 0.2) is 18.3 Å². The lowest BCUT2D eigenvalue weighted by molar-refractivity contribution is 0.0889. The summed E-state index contributed by atoms with van der Waals surface area (Å²) in [5.74, 6) is 0.0395. The lowest BCUT2D eigenvalue weighted by atomic mass is 10.4. The first-order valence-electron chi connectivity index (χ1n) is 3.99. The van der Waals surface area contributed by atoms with Crippen molar-refractivity contribution >= 4 is 0 Å². The number of rotatable bonds is 4. The van der Waals surface area contributed by atoms with Crippen LogP contribution in [0, 0.1) is 5.82 Å². The van der Waals surface area contributed by atoms with Crippen LogP contribution in [0.5, 0.6) is 5.88 Å². The fourth-order valence-corrected chi connectivity index (χ4v) is 0.907. The van der Waals surface area contributed by atoms with Crippen LogP contribution in [0.25, 0.3) is 0 Å². The molecular formula is C9H12FNO2. The zero-order chi connectivity index (χ0) is 9.68. The lowest BCUT2D eigenvalue weighted by Crippen LogP contribution is -2.18. The fourth-order valence-electron chi connectivity index (χ4n) is 0.907. The van der Waals surface area contributed by atoms with Gasteiger partial charge in [0.25, 0.3) is 0 Å². The van der Waals surface area contributed by atoms with Crippen molar-refractivity contribution < 1.29 is 13.9 Å². The first-order chi connectivity index (χ1) is 6.22. The summed E-state index contributed by atoms with van der Waals surface area (Å²) in [5.41, 5.74) is 0. The van der Waals surface area contributed by atoms with E-state index in [9.17, 15) is 4.39 Å². The van der Waals surface area contributed by atoms with E-state index in [1.165, 1.54) is 12.1 Å². The van der Waals surface area contributed by atoms with E-state index in [4.69, 9.17) is 9.47 Å². The highest BCUT2D eigenvalue weighted by molar-refractivity contribution is 5.10. The summed E-state index contributed by atoms with van der Waals surface area (Å²) in [6.45, 7) is 2.34. The normalized spacial score (nSPS) is 12.5. The van der Waals surface area contributed by atoms with E-state index < -0.39 is 0 Å². The predicted molar refractivity (Wildman–Crippen MR) is 46.2 cm³/mol. The molecule has 13 heavy (non-hydrogen) atoms. The van der Waals surface area contributed by atoms with Crippen LogP contribution in [0.3, 0.4) is 0 Å². The largest absolute Gasteiger partial charge is 0.472 e. The molecule has 0 amide bonds. The molecule has 0 bridgehead atoms.